The van der Waals surface area contributed by atoms with Gasteiger partial charge in [-0.05, 0) is 90.6 Å². The molecule has 0 spiro atoms. The second-order valence-electron chi connectivity index (χ2n) is 5.93. The summed E-state index contributed by atoms with van der Waals surface area (Å²) in [5.41, 5.74) is 7.07. The van der Waals surface area contributed by atoms with Crippen LogP contribution in [0.5, 0.6) is 0 Å². The summed E-state index contributed by atoms with van der Waals surface area (Å²) < 4.78 is 1.79. The normalized spacial score (nSPS) is 12.7. The number of hydrogen-bond donors (Lipinski definition) is 1. The van der Waals surface area contributed by atoms with E-state index in [0.29, 0.717) is 3.92 Å². The van der Waals surface area contributed by atoms with Crippen LogP contribution in [0.2, 0.25) is 0 Å². The second kappa shape index (κ2) is 9.12. The van der Waals surface area contributed by atoms with Gasteiger partial charge in [0.25, 0.3) is 0 Å². The summed E-state index contributed by atoms with van der Waals surface area (Å²) in [6.07, 6.45) is 3.94. The number of aryl methyl sites for hydroxylation is 2. The highest BCUT2D eigenvalue weighted by atomic mass is 127. The fourth-order valence-corrected chi connectivity index (χ4v) is 4.50. The Hall–Kier alpha value is -0.700. The van der Waals surface area contributed by atoms with Crippen molar-refractivity contribution < 1.29 is 0 Å². The maximum Gasteiger partial charge on any atom is 0.0625 e. The zero-order chi connectivity index (χ0) is 17.7. The van der Waals surface area contributed by atoms with Crippen LogP contribution in [-0.2, 0) is 6.42 Å². The molecule has 5 heteroatoms. The van der Waals surface area contributed by atoms with Gasteiger partial charge < -0.3 is 0 Å². The van der Waals surface area contributed by atoms with E-state index in [1.54, 1.807) is 0 Å². The Morgan fingerprint density at radius 2 is 2.17 bits per heavy atom. The number of H-pyrrole nitrogens is 1. The van der Waals surface area contributed by atoms with E-state index in [-0.39, 0.29) is 0 Å². The summed E-state index contributed by atoms with van der Waals surface area (Å²) in [5.74, 6) is 0. The average molecular weight is 547 g/mol. The Morgan fingerprint density at radius 1 is 1.42 bits per heavy atom. The van der Waals surface area contributed by atoms with Gasteiger partial charge in [0.15, 0.2) is 0 Å². The third-order valence-corrected chi connectivity index (χ3v) is 5.69. The van der Waals surface area contributed by atoms with Crippen LogP contribution in [0.4, 0.5) is 0 Å². The predicted octanol–water partition coefficient (Wildman–Crippen LogP) is 5.84. The number of allylic oxidation sites excluding steroid dienone is 1. The Balaban J connectivity index is 1.90. The van der Waals surface area contributed by atoms with Crippen molar-refractivity contribution in [3.8, 4) is 0 Å². The number of benzene rings is 1. The van der Waals surface area contributed by atoms with Crippen molar-refractivity contribution in [2.45, 2.75) is 37.5 Å². The van der Waals surface area contributed by atoms with Crippen molar-refractivity contribution in [1.29, 1.82) is 0 Å². The van der Waals surface area contributed by atoms with Crippen LogP contribution in [0.15, 0.2) is 29.8 Å². The fraction of sp³-hybridized carbons (Fsp3) is 0.368. The molecule has 0 radical (unpaired) electrons. The largest absolute Gasteiger partial charge is 0.293 e. The third-order valence-electron chi connectivity index (χ3n) is 4.04. The van der Waals surface area contributed by atoms with Crippen molar-refractivity contribution in [2.75, 3.05) is 6.54 Å². The maximum atomic E-state index is 4.54. The van der Waals surface area contributed by atoms with Crippen molar-refractivity contribution in [3.05, 3.63) is 56.4 Å². The van der Waals surface area contributed by atoms with Crippen LogP contribution >= 0.6 is 45.2 Å². The first-order valence-corrected chi connectivity index (χ1v) is 10.4. The van der Waals surface area contributed by atoms with E-state index in [0.717, 1.165) is 36.2 Å². The highest BCUT2D eigenvalue weighted by molar-refractivity contribution is 14.1. The van der Waals surface area contributed by atoms with Crippen molar-refractivity contribution in [2.24, 2.45) is 4.99 Å². The predicted molar refractivity (Wildman–Crippen MR) is 120 cm³/mol. The minimum Gasteiger partial charge on any atom is -0.293 e. The summed E-state index contributed by atoms with van der Waals surface area (Å²) in [6.45, 7) is 11.3. The molecule has 1 N–H and O–H groups in total. The first kappa shape index (κ1) is 19.6. The molecule has 1 atom stereocenters. The van der Waals surface area contributed by atoms with Crippen LogP contribution in [-0.4, -0.2) is 23.0 Å². The Bertz CT molecular complexity index is 726. The highest BCUT2D eigenvalue weighted by Crippen LogP contribution is 2.29. The molecule has 0 bridgehead atoms. The van der Waals surface area contributed by atoms with Gasteiger partial charge in [-0.15, -0.1) is 0 Å². The summed E-state index contributed by atoms with van der Waals surface area (Å²) >= 11 is 4.84. The number of alkyl halides is 1. The Morgan fingerprint density at radius 3 is 2.79 bits per heavy atom. The first-order valence-electron chi connectivity index (χ1n) is 8.03. The van der Waals surface area contributed by atoms with Gasteiger partial charge in [-0.2, -0.15) is 5.10 Å². The van der Waals surface area contributed by atoms with Crippen LogP contribution in [0.25, 0.3) is 5.57 Å². The van der Waals surface area contributed by atoms with E-state index in [4.69, 9.17) is 0 Å². The molecular formula is C19H23I2N3. The number of aromatic amines is 1. The van der Waals surface area contributed by atoms with Crippen LogP contribution in [0.1, 0.15) is 45.3 Å². The van der Waals surface area contributed by atoms with E-state index in [1.807, 2.05) is 13.1 Å². The molecule has 1 aromatic heterocycles. The summed E-state index contributed by atoms with van der Waals surface area (Å²) in [7, 11) is 0. The lowest BCUT2D eigenvalue weighted by Crippen LogP contribution is -1.94. The van der Waals surface area contributed by atoms with Crippen molar-refractivity contribution in [1.82, 2.24) is 10.2 Å². The quantitative estimate of drug-likeness (QED) is 0.201. The lowest BCUT2D eigenvalue weighted by atomic mass is 10.0. The average Bonchev–Trinajstić information content (AvgIpc) is 2.86. The van der Waals surface area contributed by atoms with Gasteiger partial charge in [0, 0.05) is 25.9 Å². The molecule has 1 unspecified atom stereocenters. The number of nitrogens with zero attached hydrogens (tertiary/aromatic N) is 2. The van der Waals surface area contributed by atoms with Crippen molar-refractivity contribution >= 4 is 57.0 Å². The van der Waals surface area contributed by atoms with Gasteiger partial charge in [0.1, 0.15) is 0 Å². The van der Waals surface area contributed by atoms with Gasteiger partial charge in [0.2, 0.25) is 0 Å². The monoisotopic (exact) mass is 547 g/mol. The number of aliphatic imine (C=N–C) groups is 1. The van der Waals surface area contributed by atoms with E-state index in [9.17, 15) is 0 Å². The molecule has 128 valence electrons. The van der Waals surface area contributed by atoms with E-state index in [2.05, 4.69) is 99.0 Å². The highest BCUT2D eigenvalue weighted by Gasteiger charge is 2.08. The van der Waals surface area contributed by atoms with Gasteiger partial charge in [-0.25, -0.2) is 0 Å². The maximum absolute atomic E-state index is 4.54. The molecule has 0 saturated carbocycles. The van der Waals surface area contributed by atoms with Gasteiger partial charge >= 0.3 is 0 Å². The van der Waals surface area contributed by atoms with Crippen LogP contribution in [0, 0.1) is 17.4 Å². The van der Waals surface area contributed by atoms with Crippen LogP contribution < -0.4 is 0 Å². The first-order chi connectivity index (χ1) is 11.4. The Kier molecular flexibility index (Phi) is 7.46. The molecule has 1 heterocycles. The standard InChI is InChI=1S/C19H23I2N3/c1-12(16-7-8-19(21)18(10-16)13(2)20)11-22-9-5-6-17-14(3)23-24-15(17)4/h7-8,10-11,13H,1,5-6,9H2,2-4H3,(H,23,24). The molecule has 0 aliphatic carbocycles. The topological polar surface area (TPSA) is 41.0 Å². The summed E-state index contributed by atoms with van der Waals surface area (Å²) in [4.78, 5) is 4.54. The smallest absolute Gasteiger partial charge is 0.0625 e. The van der Waals surface area contributed by atoms with Gasteiger partial charge in [0.05, 0.1) is 5.69 Å². The number of rotatable bonds is 7. The zero-order valence-corrected chi connectivity index (χ0v) is 18.7. The molecule has 2 aromatic rings. The molecule has 0 amide bonds. The molecule has 0 aliphatic heterocycles. The molecule has 0 saturated heterocycles. The number of halogens is 2. The molecule has 0 aliphatic rings. The molecule has 0 fully saturated rings. The molecule has 3 nitrogen and oxygen atoms in total. The van der Waals surface area contributed by atoms with E-state index in [1.165, 1.54) is 20.4 Å². The van der Waals surface area contributed by atoms with Gasteiger partial charge in [-0.3, -0.25) is 10.1 Å². The third kappa shape index (κ3) is 5.15. The molecule has 1 aromatic carbocycles. The zero-order valence-electron chi connectivity index (χ0n) is 14.4. The fourth-order valence-electron chi connectivity index (χ4n) is 2.59. The molecular weight excluding hydrogens is 524 g/mol. The lowest BCUT2D eigenvalue weighted by Gasteiger charge is -2.10. The summed E-state index contributed by atoms with van der Waals surface area (Å²) in [6, 6.07) is 6.51. The number of aromatic nitrogens is 2. The summed E-state index contributed by atoms with van der Waals surface area (Å²) in [5, 5.41) is 7.27. The van der Waals surface area contributed by atoms with E-state index < -0.39 is 0 Å². The minimum absolute atomic E-state index is 0.487. The van der Waals surface area contributed by atoms with Crippen LogP contribution in [0.3, 0.4) is 0 Å². The minimum atomic E-state index is 0.487. The van der Waals surface area contributed by atoms with Gasteiger partial charge in [-0.1, -0.05) is 35.2 Å². The number of nitrogens with one attached hydrogen (secondary N) is 1. The number of hydrogen-bond acceptors (Lipinski definition) is 2. The Labute approximate surface area is 171 Å². The van der Waals surface area contributed by atoms with Crippen molar-refractivity contribution in [3.63, 3.8) is 0 Å². The lowest BCUT2D eigenvalue weighted by molar-refractivity contribution is 0.827. The second-order valence-corrected chi connectivity index (χ2v) is 8.96. The SMILES string of the molecule is C=C(C=NCCCc1c(C)n[nH]c1C)c1ccc(I)c(C(C)I)c1. The van der Waals surface area contributed by atoms with E-state index >= 15 is 0 Å². The molecule has 24 heavy (non-hydrogen) atoms. The molecule has 2 rings (SSSR count).